The van der Waals surface area contributed by atoms with Gasteiger partial charge in [-0.05, 0) is 17.7 Å². The summed E-state index contributed by atoms with van der Waals surface area (Å²) in [4.78, 5) is 43.3. The van der Waals surface area contributed by atoms with Gasteiger partial charge in [-0.25, -0.2) is 14.8 Å². The Morgan fingerprint density at radius 1 is 1.22 bits per heavy atom. The third-order valence-corrected chi connectivity index (χ3v) is 4.93. The van der Waals surface area contributed by atoms with Crippen LogP contribution in [0.3, 0.4) is 0 Å². The summed E-state index contributed by atoms with van der Waals surface area (Å²) in [6.45, 7) is 3.18. The molecule has 170 valence electrons. The summed E-state index contributed by atoms with van der Waals surface area (Å²) in [6, 6.07) is 5.53. The van der Waals surface area contributed by atoms with E-state index in [1.807, 2.05) is 12.1 Å². The molecule has 1 aromatic carbocycles. The Hall–Kier alpha value is -3.54. The SMILES string of the molecule is CN(CC1CNC1)C(=O)c1cnc(-c2ccc3c(c2)CNC3=O)nc1.O=C(O)C(F)(F)F. The van der Waals surface area contributed by atoms with Crippen molar-refractivity contribution < 1.29 is 32.7 Å². The molecule has 0 unspecified atom stereocenters. The van der Waals surface area contributed by atoms with E-state index in [1.54, 1.807) is 30.4 Å². The highest BCUT2D eigenvalue weighted by Crippen LogP contribution is 2.22. The molecule has 9 nitrogen and oxygen atoms in total. The van der Waals surface area contributed by atoms with E-state index in [-0.39, 0.29) is 11.8 Å². The van der Waals surface area contributed by atoms with E-state index >= 15 is 0 Å². The first kappa shape index (κ1) is 23.1. The number of amides is 2. The molecule has 0 bridgehead atoms. The van der Waals surface area contributed by atoms with Crippen molar-refractivity contribution >= 4 is 17.8 Å². The van der Waals surface area contributed by atoms with Crippen LogP contribution >= 0.6 is 0 Å². The van der Waals surface area contributed by atoms with Crippen molar-refractivity contribution in [3.05, 3.63) is 47.3 Å². The molecule has 2 aromatic rings. The fraction of sp³-hybridized carbons (Fsp3) is 0.350. The molecule has 0 atom stereocenters. The number of hydrogen-bond acceptors (Lipinski definition) is 6. The zero-order valence-corrected chi connectivity index (χ0v) is 16.9. The minimum atomic E-state index is -5.08. The third kappa shape index (κ3) is 5.38. The highest BCUT2D eigenvalue weighted by atomic mass is 19.4. The van der Waals surface area contributed by atoms with Gasteiger partial charge in [0.25, 0.3) is 11.8 Å². The molecule has 2 aliphatic heterocycles. The number of hydrogen-bond donors (Lipinski definition) is 3. The number of nitrogens with one attached hydrogen (secondary N) is 2. The van der Waals surface area contributed by atoms with Gasteiger partial charge in [0.2, 0.25) is 0 Å². The largest absolute Gasteiger partial charge is 0.490 e. The van der Waals surface area contributed by atoms with Gasteiger partial charge in [-0.2, -0.15) is 13.2 Å². The number of fused-ring (bicyclic) bond motifs is 1. The number of carboxylic acids is 1. The molecule has 0 radical (unpaired) electrons. The molecule has 1 saturated heterocycles. The van der Waals surface area contributed by atoms with Crippen LogP contribution in [0.4, 0.5) is 13.2 Å². The summed E-state index contributed by atoms with van der Waals surface area (Å²) in [7, 11) is 1.80. The van der Waals surface area contributed by atoms with Gasteiger partial charge in [0.05, 0.1) is 5.56 Å². The van der Waals surface area contributed by atoms with Gasteiger partial charge < -0.3 is 20.6 Å². The fourth-order valence-electron chi connectivity index (χ4n) is 3.13. The van der Waals surface area contributed by atoms with Crippen LogP contribution in [-0.2, 0) is 11.3 Å². The van der Waals surface area contributed by atoms with Crippen molar-refractivity contribution in [2.75, 3.05) is 26.7 Å². The van der Waals surface area contributed by atoms with Crippen LogP contribution in [0, 0.1) is 5.92 Å². The van der Waals surface area contributed by atoms with E-state index in [0.29, 0.717) is 29.4 Å². The molecule has 32 heavy (non-hydrogen) atoms. The van der Waals surface area contributed by atoms with Gasteiger partial charge >= 0.3 is 12.1 Å². The average molecular weight is 451 g/mol. The van der Waals surface area contributed by atoms with Crippen molar-refractivity contribution in [3.8, 4) is 11.4 Å². The quantitative estimate of drug-likeness (QED) is 0.640. The highest BCUT2D eigenvalue weighted by molar-refractivity contribution is 5.98. The predicted molar refractivity (Wildman–Crippen MR) is 106 cm³/mol. The van der Waals surface area contributed by atoms with Crippen molar-refractivity contribution in [2.24, 2.45) is 5.92 Å². The Labute approximate surface area is 180 Å². The number of carbonyl (C=O) groups excluding carboxylic acids is 2. The van der Waals surface area contributed by atoms with E-state index in [4.69, 9.17) is 9.90 Å². The minimum absolute atomic E-state index is 0.0480. The van der Waals surface area contributed by atoms with E-state index in [2.05, 4.69) is 20.6 Å². The van der Waals surface area contributed by atoms with Crippen LogP contribution in [-0.4, -0.2) is 70.6 Å². The second-order valence-corrected chi connectivity index (χ2v) is 7.36. The fourth-order valence-corrected chi connectivity index (χ4v) is 3.13. The number of carbonyl (C=O) groups is 3. The Bertz CT molecular complexity index is 1020. The standard InChI is InChI=1S/C18H19N5O2.C2HF3O2/c1-23(10-11-5-19-6-11)18(25)14-8-20-16(21-9-14)12-2-3-15-13(4-12)7-22-17(15)24;3-2(4,5)1(6)7/h2-4,8-9,11,19H,5-7,10H2,1H3,(H,22,24);(H,6,7). The molecule has 0 saturated carbocycles. The molecular weight excluding hydrogens is 431 g/mol. The maximum atomic E-state index is 12.4. The van der Waals surface area contributed by atoms with Gasteiger partial charge in [-0.3, -0.25) is 9.59 Å². The van der Waals surface area contributed by atoms with Gasteiger partial charge in [-0.1, -0.05) is 6.07 Å². The van der Waals surface area contributed by atoms with Crippen molar-refractivity contribution in [1.29, 1.82) is 0 Å². The number of carboxylic acid groups (broad SMARTS) is 1. The second kappa shape index (κ2) is 9.30. The normalized spacial score (nSPS) is 15.1. The first-order chi connectivity index (χ1) is 15.1. The van der Waals surface area contributed by atoms with E-state index in [9.17, 15) is 22.8 Å². The number of nitrogens with zero attached hydrogens (tertiary/aromatic N) is 3. The smallest absolute Gasteiger partial charge is 0.475 e. The molecule has 2 aliphatic rings. The summed E-state index contributed by atoms with van der Waals surface area (Å²) < 4.78 is 31.7. The topological polar surface area (TPSA) is 125 Å². The lowest BCUT2D eigenvalue weighted by Crippen LogP contribution is -2.48. The molecular formula is C20H20F3N5O4. The van der Waals surface area contributed by atoms with Crippen molar-refractivity contribution in [3.63, 3.8) is 0 Å². The molecule has 2 amide bonds. The molecule has 4 rings (SSSR count). The lowest BCUT2D eigenvalue weighted by atomic mass is 10.0. The molecule has 3 heterocycles. The zero-order chi connectivity index (χ0) is 23.5. The van der Waals surface area contributed by atoms with Crippen LogP contribution in [0.1, 0.15) is 26.3 Å². The Kier molecular flexibility index (Phi) is 6.72. The second-order valence-electron chi connectivity index (χ2n) is 7.36. The van der Waals surface area contributed by atoms with Crippen molar-refractivity contribution in [2.45, 2.75) is 12.7 Å². The van der Waals surface area contributed by atoms with E-state index in [0.717, 1.165) is 30.8 Å². The molecule has 1 aromatic heterocycles. The monoisotopic (exact) mass is 451 g/mol. The molecule has 0 spiro atoms. The van der Waals surface area contributed by atoms with Crippen molar-refractivity contribution in [1.82, 2.24) is 25.5 Å². The Balaban J connectivity index is 0.000000360. The molecule has 3 N–H and O–H groups in total. The molecule has 12 heteroatoms. The predicted octanol–water partition coefficient (Wildman–Crippen LogP) is 1.31. The van der Waals surface area contributed by atoms with E-state index < -0.39 is 12.1 Å². The number of benzene rings is 1. The number of rotatable bonds is 4. The van der Waals surface area contributed by atoms with Gasteiger partial charge in [0.15, 0.2) is 5.82 Å². The van der Waals surface area contributed by atoms with Crippen LogP contribution in [0.15, 0.2) is 30.6 Å². The van der Waals surface area contributed by atoms with Crippen LogP contribution in [0.25, 0.3) is 11.4 Å². The lowest BCUT2D eigenvalue weighted by Gasteiger charge is -2.31. The summed E-state index contributed by atoms with van der Waals surface area (Å²) >= 11 is 0. The first-order valence-electron chi connectivity index (χ1n) is 9.56. The summed E-state index contributed by atoms with van der Waals surface area (Å²) in [6.07, 6.45) is -1.95. The summed E-state index contributed by atoms with van der Waals surface area (Å²) in [5.74, 6) is -1.80. The average Bonchev–Trinajstić information content (AvgIpc) is 3.10. The maximum absolute atomic E-state index is 12.4. The number of aliphatic carboxylic acids is 1. The van der Waals surface area contributed by atoms with Crippen LogP contribution in [0.5, 0.6) is 0 Å². The number of aromatic nitrogens is 2. The van der Waals surface area contributed by atoms with E-state index in [1.165, 1.54) is 0 Å². The lowest BCUT2D eigenvalue weighted by molar-refractivity contribution is -0.192. The Morgan fingerprint density at radius 3 is 2.38 bits per heavy atom. The number of alkyl halides is 3. The van der Waals surface area contributed by atoms with Crippen LogP contribution in [0.2, 0.25) is 0 Å². The highest BCUT2D eigenvalue weighted by Gasteiger charge is 2.38. The Morgan fingerprint density at radius 2 is 1.84 bits per heavy atom. The minimum Gasteiger partial charge on any atom is -0.475 e. The first-order valence-corrected chi connectivity index (χ1v) is 9.56. The van der Waals surface area contributed by atoms with Gasteiger partial charge in [0, 0.05) is 62.7 Å². The van der Waals surface area contributed by atoms with Gasteiger partial charge in [0.1, 0.15) is 0 Å². The number of halogens is 3. The zero-order valence-electron chi connectivity index (χ0n) is 16.9. The molecule has 0 aliphatic carbocycles. The molecule has 1 fully saturated rings. The summed E-state index contributed by atoms with van der Waals surface area (Å²) in [5, 5.41) is 13.1. The maximum Gasteiger partial charge on any atom is 0.490 e. The summed E-state index contributed by atoms with van der Waals surface area (Å²) in [5.41, 5.74) is 2.96. The van der Waals surface area contributed by atoms with Crippen LogP contribution < -0.4 is 10.6 Å². The third-order valence-electron chi connectivity index (χ3n) is 4.93. The van der Waals surface area contributed by atoms with Gasteiger partial charge in [-0.15, -0.1) is 0 Å².